The lowest BCUT2D eigenvalue weighted by Crippen LogP contribution is -2.41. The van der Waals surface area contributed by atoms with Gasteiger partial charge in [0, 0.05) is 5.56 Å². The molecule has 0 fully saturated rings. The van der Waals surface area contributed by atoms with Crippen molar-refractivity contribution >= 4 is 11.8 Å². The maximum absolute atomic E-state index is 12.1. The van der Waals surface area contributed by atoms with Gasteiger partial charge in [-0.3, -0.25) is 20.4 Å². The van der Waals surface area contributed by atoms with Crippen molar-refractivity contribution in [2.45, 2.75) is 0 Å². The maximum atomic E-state index is 12.1. The van der Waals surface area contributed by atoms with E-state index in [0.29, 0.717) is 5.56 Å². The van der Waals surface area contributed by atoms with Gasteiger partial charge in [-0.05, 0) is 35.4 Å². The Morgan fingerprint density at radius 2 is 1.20 bits per heavy atom. The summed E-state index contributed by atoms with van der Waals surface area (Å²) in [5, 5.41) is 9.63. The number of nitrogens with one attached hydrogen (secondary N) is 2. The number of carbonyl (C=O) groups excluding carboxylic acids is 2. The summed E-state index contributed by atoms with van der Waals surface area (Å²) < 4.78 is 0. The largest absolute Gasteiger partial charge is 0.507 e. The maximum Gasteiger partial charge on any atom is 0.273 e. The van der Waals surface area contributed by atoms with Crippen LogP contribution in [0.15, 0.2) is 78.9 Å². The van der Waals surface area contributed by atoms with Gasteiger partial charge in [-0.1, -0.05) is 54.6 Å². The van der Waals surface area contributed by atoms with Crippen LogP contribution in [0.5, 0.6) is 5.75 Å². The van der Waals surface area contributed by atoms with Gasteiger partial charge in [0.25, 0.3) is 11.8 Å². The first-order valence-electron chi connectivity index (χ1n) is 7.69. The van der Waals surface area contributed by atoms with Crippen LogP contribution in [-0.4, -0.2) is 16.9 Å². The molecule has 3 aromatic rings. The minimum atomic E-state index is -0.590. The number of benzene rings is 3. The Hall–Kier alpha value is -3.60. The Morgan fingerprint density at radius 3 is 1.88 bits per heavy atom. The number of hydrogen-bond donors (Lipinski definition) is 3. The van der Waals surface area contributed by atoms with Gasteiger partial charge >= 0.3 is 0 Å². The molecule has 0 bridgehead atoms. The molecule has 0 spiro atoms. The summed E-state index contributed by atoms with van der Waals surface area (Å²) in [6, 6.07) is 23.0. The molecule has 0 aliphatic heterocycles. The third-order valence-corrected chi connectivity index (χ3v) is 3.69. The normalized spacial score (nSPS) is 10.1. The molecule has 0 unspecified atom stereocenters. The molecule has 3 aromatic carbocycles. The highest BCUT2D eigenvalue weighted by atomic mass is 16.3. The number of aromatic hydroxyl groups is 1. The van der Waals surface area contributed by atoms with Crippen molar-refractivity contribution in [1.29, 1.82) is 0 Å². The van der Waals surface area contributed by atoms with E-state index in [2.05, 4.69) is 10.9 Å². The summed E-state index contributed by atoms with van der Waals surface area (Å²) in [7, 11) is 0. The highest BCUT2D eigenvalue weighted by molar-refractivity contribution is 6.00. The van der Waals surface area contributed by atoms with Gasteiger partial charge in [-0.25, -0.2) is 0 Å². The van der Waals surface area contributed by atoms with Crippen molar-refractivity contribution in [3.05, 3.63) is 90.0 Å². The van der Waals surface area contributed by atoms with Crippen molar-refractivity contribution in [1.82, 2.24) is 10.9 Å². The van der Waals surface area contributed by atoms with Crippen LogP contribution in [0.3, 0.4) is 0 Å². The van der Waals surface area contributed by atoms with Crippen LogP contribution in [-0.2, 0) is 0 Å². The van der Waals surface area contributed by atoms with E-state index in [0.717, 1.165) is 11.1 Å². The monoisotopic (exact) mass is 332 g/mol. The van der Waals surface area contributed by atoms with Crippen molar-refractivity contribution in [2.24, 2.45) is 0 Å². The third-order valence-electron chi connectivity index (χ3n) is 3.69. The van der Waals surface area contributed by atoms with Crippen molar-refractivity contribution in [3.63, 3.8) is 0 Å². The fourth-order valence-electron chi connectivity index (χ4n) is 2.36. The average molecular weight is 332 g/mol. The fourth-order valence-corrected chi connectivity index (χ4v) is 2.36. The Kier molecular flexibility index (Phi) is 4.76. The second-order valence-electron chi connectivity index (χ2n) is 5.37. The first kappa shape index (κ1) is 16.3. The van der Waals surface area contributed by atoms with Gasteiger partial charge in [0.15, 0.2) is 0 Å². The highest BCUT2D eigenvalue weighted by Gasteiger charge is 2.12. The van der Waals surface area contributed by atoms with E-state index in [1.165, 1.54) is 12.1 Å². The van der Waals surface area contributed by atoms with Crippen LogP contribution in [0.1, 0.15) is 20.7 Å². The van der Waals surface area contributed by atoms with E-state index in [4.69, 9.17) is 0 Å². The van der Waals surface area contributed by atoms with Crippen LogP contribution in [0.4, 0.5) is 0 Å². The zero-order valence-electron chi connectivity index (χ0n) is 13.3. The summed E-state index contributed by atoms with van der Waals surface area (Å²) in [6.45, 7) is 0. The minimum absolute atomic E-state index is 0.0854. The Bertz CT molecular complexity index is 890. The van der Waals surface area contributed by atoms with Crippen LogP contribution in [0, 0.1) is 0 Å². The molecule has 0 atom stereocenters. The fraction of sp³-hybridized carbons (Fsp3) is 0. The first-order chi connectivity index (χ1) is 12.1. The van der Waals surface area contributed by atoms with Crippen LogP contribution in [0.2, 0.25) is 0 Å². The number of carbonyl (C=O) groups is 2. The second kappa shape index (κ2) is 7.31. The number of para-hydroxylation sites is 1. The lowest BCUT2D eigenvalue weighted by molar-refractivity contribution is 0.0845. The SMILES string of the molecule is O=C(NNC(=O)c1ccccc1O)c1ccc(-c2ccccc2)cc1. The molecule has 25 heavy (non-hydrogen) atoms. The van der Waals surface area contributed by atoms with E-state index in [1.54, 1.807) is 24.3 Å². The first-order valence-corrected chi connectivity index (χ1v) is 7.69. The molecular weight excluding hydrogens is 316 g/mol. The smallest absolute Gasteiger partial charge is 0.273 e. The molecule has 0 saturated carbocycles. The molecule has 5 nitrogen and oxygen atoms in total. The molecule has 3 rings (SSSR count). The number of phenols is 1. The standard InChI is InChI=1S/C20H16N2O3/c23-18-9-5-4-8-17(18)20(25)22-21-19(24)16-12-10-15(11-13-16)14-6-2-1-3-7-14/h1-13,23H,(H,21,24)(H,22,25). The molecule has 0 saturated heterocycles. The molecule has 5 heteroatoms. The van der Waals surface area contributed by atoms with Crippen molar-refractivity contribution in [2.75, 3.05) is 0 Å². The Morgan fingerprint density at radius 1 is 0.640 bits per heavy atom. The van der Waals surface area contributed by atoms with Gasteiger partial charge in [-0.2, -0.15) is 0 Å². The molecule has 0 aliphatic carbocycles. The van der Waals surface area contributed by atoms with Crippen molar-refractivity contribution < 1.29 is 14.7 Å². The van der Waals surface area contributed by atoms with E-state index in [1.807, 2.05) is 42.5 Å². The topological polar surface area (TPSA) is 78.4 Å². The van der Waals surface area contributed by atoms with Gasteiger partial charge in [0.2, 0.25) is 0 Å². The Balaban J connectivity index is 1.64. The summed E-state index contributed by atoms with van der Waals surface area (Å²) >= 11 is 0. The van der Waals surface area contributed by atoms with Crippen LogP contribution < -0.4 is 10.9 Å². The molecule has 0 heterocycles. The molecular formula is C20H16N2O3. The molecule has 0 radical (unpaired) electrons. The predicted molar refractivity (Wildman–Crippen MR) is 94.9 cm³/mol. The number of hydrazine groups is 1. The van der Waals surface area contributed by atoms with Crippen molar-refractivity contribution in [3.8, 4) is 16.9 Å². The van der Waals surface area contributed by atoms with E-state index in [9.17, 15) is 14.7 Å². The minimum Gasteiger partial charge on any atom is -0.507 e. The number of hydrogen-bond acceptors (Lipinski definition) is 3. The molecule has 0 aliphatic rings. The molecule has 0 aromatic heterocycles. The van der Waals surface area contributed by atoms with Gasteiger partial charge in [0.1, 0.15) is 5.75 Å². The van der Waals surface area contributed by atoms with Gasteiger partial charge in [-0.15, -0.1) is 0 Å². The number of amides is 2. The van der Waals surface area contributed by atoms with Gasteiger partial charge < -0.3 is 5.11 Å². The lowest BCUT2D eigenvalue weighted by atomic mass is 10.0. The van der Waals surface area contributed by atoms with E-state index >= 15 is 0 Å². The quantitative estimate of drug-likeness (QED) is 0.645. The van der Waals surface area contributed by atoms with Crippen LogP contribution >= 0.6 is 0 Å². The predicted octanol–water partition coefficient (Wildman–Crippen LogP) is 3.13. The Labute approximate surface area is 144 Å². The second-order valence-corrected chi connectivity index (χ2v) is 5.37. The molecule has 124 valence electrons. The van der Waals surface area contributed by atoms with Gasteiger partial charge in [0.05, 0.1) is 5.56 Å². The van der Waals surface area contributed by atoms with Crippen LogP contribution in [0.25, 0.3) is 11.1 Å². The summed E-state index contributed by atoms with van der Waals surface area (Å²) in [5.41, 5.74) is 7.17. The van der Waals surface area contributed by atoms with E-state index in [-0.39, 0.29) is 11.3 Å². The van der Waals surface area contributed by atoms with E-state index < -0.39 is 11.8 Å². The lowest BCUT2D eigenvalue weighted by Gasteiger charge is -2.09. The summed E-state index contributed by atoms with van der Waals surface area (Å²) in [6.07, 6.45) is 0. The number of rotatable bonds is 3. The molecule has 2 amide bonds. The third kappa shape index (κ3) is 3.84. The summed E-state index contributed by atoms with van der Waals surface area (Å²) in [4.78, 5) is 24.1. The molecule has 3 N–H and O–H groups in total. The number of phenolic OH excluding ortho intramolecular Hbond substituents is 1. The zero-order chi connectivity index (χ0) is 17.6. The highest BCUT2D eigenvalue weighted by Crippen LogP contribution is 2.19. The average Bonchev–Trinajstić information content (AvgIpc) is 2.67. The summed E-state index contributed by atoms with van der Waals surface area (Å²) in [5.74, 6) is -1.18. The zero-order valence-corrected chi connectivity index (χ0v) is 13.3.